The Labute approximate surface area is 157 Å². The molecule has 7 heteroatoms. The quantitative estimate of drug-likeness (QED) is 0.723. The van der Waals surface area contributed by atoms with Gasteiger partial charge in [0, 0.05) is 36.6 Å². The van der Waals surface area contributed by atoms with Crippen LogP contribution in [0.15, 0.2) is 30.5 Å². The highest BCUT2D eigenvalue weighted by molar-refractivity contribution is 5.83. The largest absolute Gasteiger partial charge is 0.456 e. The molecular weight excluding hydrogens is 346 g/mol. The third-order valence-electron chi connectivity index (χ3n) is 5.04. The van der Waals surface area contributed by atoms with Gasteiger partial charge in [-0.15, -0.1) is 0 Å². The van der Waals surface area contributed by atoms with Crippen molar-refractivity contribution in [1.29, 1.82) is 0 Å². The van der Waals surface area contributed by atoms with Crippen molar-refractivity contribution in [3.63, 3.8) is 0 Å². The number of benzene rings is 1. The molecule has 0 radical (unpaired) electrons. The molecular formula is C20H25N3O4. The highest BCUT2D eigenvalue weighted by atomic mass is 16.5. The molecule has 144 valence electrons. The number of aromatic nitrogens is 1. The number of nitrogens with zero attached hydrogens (tertiary/aromatic N) is 1. The lowest BCUT2D eigenvalue weighted by atomic mass is 9.97. The Morgan fingerprint density at radius 1 is 1.26 bits per heavy atom. The van der Waals surface area contributed by atoms with Crippen molar-refractivity contribution in [2.24, 2.45) is 11.7 Å². The summed E-state index contributed by atoms with van der Waals surface area (Å²) in [6.45, 7) is 0.602. The summed E-state index contributed by atoms with van der Waals surface area (Å²) in [5, 5.41) is 1.16. The second kappa shape index (κ2) is 8.70. The van der Waals surface area contributed by atoms with Crippen molar-refractivity contribution in [2.75, 3.05) is 19.7 Å². The van der Waals surface area contributed by atoms with Crippen molar-refractivity contribution in [3.05, 3.63) is 36.0 Å². The lowest BCUT2D eigenvalue weighted by molar-refractivity contribution is -0.153. The molecule has 3 N–H and O–H groups in total. The minimum atomic E-state index is -0.387. The summed E-state index contributed by atoms with van der Waals surface area (Å²) in [5.74, 6) is -1.35. The molecule has 0 aliphatic carbocycles. The highest BCUT2D eigenvalue weighted by Gasteiger charge is 2.27. The van der Waals surface area contributed by atoms with Crippen molar-refractivity contribution in [1.82, 2.24) is 9.88 Å². The van der Waals surface area contributed by atoms with Gasteiger partial charge in [0.25, 0.3) is 5.91 Å². The summed E-state index contributed by atoms with van der Waals surface area (Å²) in [5.41, 5.74) is 7.56. The predicted molar refractivity (Wildman–Crippen MR) is 101 cm³/mol. The molecule has 2 aromatic rings. The normalized spacial score (nSPS) is 17.0. The van der Waals surface area contributed by atoms with E-state index < -0.39 is 0 Å². The fourth-order valence-electron chi connectivity index (χ4n) is 3.50. The number of fused-ring (bicyclic) bond motifs is 1. The number of nitrogens with two attached hydrogens (primary N) is 1. The number of ether oxygens (including phenoxy) is 1. The smallest absolute Gasteiger partial charge is 0.306 e. The van der Waals surface area contributed by atoms with Crippen LogP contribution in [-0.4, -0.2) is 47.4 Å². The predicted octanol–water partition coefficient (Wildman–Crippen LogP) is 1.76. The Balaban J connectivity index is 1.39. The van der Waals surface area contributed by atoms with E-state index in [0.717, 1.165) is 23.7 Å². The molecule has 0 unspecified atom stereocenters. The van der Waals surface area contributed by atoms with Gasteiger partial charge in [0.2, 0.25) is 5.91 Å². The van der Waals surface area contributed by atoms with Crippen LogP contribution in [0.5, 0.6) is 0 Å². The Morgan fingerprint density at radius 3 is 2.89 bits per heavy atom. The topological polar surface area (TPSA) is 105 Å². The maximum Gasteiger partial charge on any atom is 0.306 e. The fourth-order valence-corrected chi connectivity index (χ4v) is 3.50. The number of likely N-dealkylation sites (tertiary alicyclic amines) is 1. The second-order valence-electron chi connectivity index (χ2n) is 6.96. The first-order valence-corrected chi connectivity index (χ1v) is 9.32. The summed E-state index contributed by atoms with van der Waals surface area (Å²) in [4.78, 5) is 40.1. The zero-order valence-electron chi connectivity index (χ0n) is 15.3. The van der Waals surface area contributed by atoms with Crippen LogP contribution in [0.3, 0.4) is 0 Å². The van der Waals surface area contributed by atoms with Gasteiger partial charge in [0.1, 0.15) is 0 Å². The maximum absolute atomic E-state index is 12.2. The molecule has 0 saturated carbocycles. The van der Waals surface area contributed by atoms with Crippen molar-refractivity contribution >= 4 is 28.7 Å². The van der Waals surface area contributed by atoms with Gasteiger partial charge in [0.15, 0.2) is 6.61 Å². The van der Waals surface area contributed by atoms with Crippen LogP contribution < -0.4 is 5.73 Å². The number of para-hydroxylation sites is 1. The highest BCUT2D eigenvalue weighted by Crippen LogP contribution is 2.19. The number of aryl methyl sites for hydroxylation is 1. The Kier molecular flexibility index (Phi) is 6.11. The first kappa shape index (κ1) is 18.9. The van der Waals surface area contributed by atoms with Crippen LogP contribution in [0.4, 0.5) is 0 Å². The average Bonchev–Trinajstić information content (AvgIpc) is 3.09. The van der Waals surface area contributed by atoms with E-state index in [-0.39, 0.29) is 36.7 Å². The number of hydrogen-bond acceptors (Lipinski definition) is 4. The Bertz CT molecular complexity index is 829. The number of aromatic amines is 1. The monoisotopic (exact) mass is 371 g/mol. The average molecular weight is 371 g/mol. The van der Waals surface area contributed by atoms with E-state index in [0.29, 0.717) is 25.9 Å². The number of carbonyl (C=O) groups is 3. The lowest BCUT2D eigenvalue weighted by Crippen LogP contribution is -2.45. The van der Waals surface area contributed by atoms with E-state index in [2.05, 4.69) is 11.1 Å². The van der Waals surface area contributed by atoms with E-state index in [1.807, 2.05) is 24.4 Å². The number of carbonyl (C=O) groups excluding carboxylic acids is 3. The minimum Gasteiger partial charge on any atom is -0.456 e. The zero-order valence-corrected chi connectivity index (χ0v) is 15.3. The molecule has 0 bridgehead atoms. The number of piperidine rings is 1. The van der Waals surface area contributed by atoms with E-state index in [4.69, 9.17) is 10.5 Å². The van der Waals surface area contributed by atoms with Gasteiger partial charge < -0.3 is 20.4 Å². The third-order valence-corrected chi connectivity index (χ3v) is 5.04. The van der Waals surface area contributed by atoms with Gasteiger partial charge in [-0.25, -0.2) is 0 Å². The van der Waals surface area contributed by atoms with Crippen LogP contribution in [-0.2, 0) is 25.5 Å². The van der Waals surface area contributed by atoms with Gasteiger partial charge >= 0.3 is 5.97 Å². The summed E-state index contributed by atoms with van der Waals surface area (Å²) in [6, 6.07) is 8.03. The Hall–Kier alpha value is -2.83. The number of H-pyrrole nitrogens is 1. The second-order valence-corrected chi connectivity index (χ2v) is 6.96. The number of hydrogen-bond donors (Lipinski definition) is 2. The lowest BCUT2D eigenvalue weighted by Gasteiger charge is -2.31. The molecule has 1 atom stereocenters. The van der Waals surface area contributed by atoms with E-state index in [9.17, 15) is 14.4 Å². The SMILES string of the molecule is NC(=O)[C@H]1CCCN(C(=O)COC(=O)CCCc2c[nH]c3ccccc23)C1. The zero-order chi connectivity index (χ0) is 19.2. The van der Waals surface area contributed by atoms with E-state index in [1.54, 1.807) is 4.90 Å². The number of nitrogens with one attached hydrogen (secondary N) is 1. The first-order chi connectivity index (χ1) is 13.0. The number of esters is 1. The first-order valence-electron chi connectivity index (χ1n) is 9.32. The van der Waals surface area contributed by atoms with Crippen LogP contribution in [0.25, 0.3) is 10.9 Å². The fraction of sp³-hybridized carbons (Fsp3) is 0.450. The molecule has 27 heavy (non-hydrogen) atoms. The van der Waals surface area contributed by atoms with Crippen molar-refractivity contribution < 1.29 is 19.1 Å². The number of primary amides is 1. The Morgan fingerprint density at radius 2 is 2.07 bits per heavy atom. The molecule has 3 rings (SSSR count). The standard InChI is InChI=1S/C20H25N3O4/c21-20(26)15-6-4-10-23(12-15)18(24)13-27-19(25)9-3-5-14-11-22-17-8-2-1-7-16(14)17/h1-2,7-8,11,15,22H,3-6,9-10,12-13H2,(H2,21,26)/t15-/m0/s1. The molecule has 7 nitrogen and oxygen atoms in total. The molecule has 1 fully saturated rings. The van der Waals surface area contributed by atoms with Gasteiger partial charge in [0.05, 0.1) is 5.92 Å². The molecule has 1 saturated heterocycles. The third kappa shape index (κ3) is 4.87. The number of rotatable bonds is 7. The summed E-state index contributed by atoms with van der Waals surface area (Å²) in [6.07, 6.45) is 5.08. The molecule has 0 spiro atoms. The van der Waals surface area contributed by atoms with Crippen LogP contribution in [0, 0.1) is 5.92 Å². The van der Waals surface area contributed by atoms with E-state index >= 15 is 0 Å². The van der Waals surface area contributed by atoms with Crippen molar-refractivity contribution in [2.45, 2.75) is 32.1 Å². The van der Waals surface area contributed by atoms with Gasteiger partial charge in [-0.1, -0.05) is 18.2 Å². The maximum atomic E-state index is 12.2. The van der Waals surface area contributed by atoms with E-state index in [1.165, 1.54) is 5.56 Å². The van der Waals surface area contributed by atoms with Crippen LogP contribution in [0.1, 0.15) is 31.2 Å². The van der Waals surface area contributed by atoms with Gasteiger partial charge in [-0.3, -0.25) is 14.4 Å². The molecule has 1 aliphatic heterocycles. The summed E-state index contributed by atoms with van der Waals surface area (Å²) in [7, 11) is 0. The van der Waals surface area contributed by atoms with Crippen LogP contribution in [0.2, 0.25) is 0 Å². The molecule has 1 aromatic carbocycles. The summed E-state index contributed by atoms with van der Waals surface area (Å²) >= 11 is 0. The molecule has 2 amide bonds. The molecule has 1 aliphatic rings. The van der Waals surface area contributed by atoms with Crippen molar-refractivity contribution in [3.8, 4) is 0 Å². The van der Waals surface area contributed by atoms with Crippen LogP contribution >= 0.6 is 0 Å². The van der Waals surface area contributed by atoms with Gasteiger partial charge in [-0.05, 0) is 37.3 Å². The summed E-state index contributed by atoms with van der Waals surface area (Å²) < 4.78 is 5.11. The number of amides is 2. The molecule has 2 heterocycles. The molecule has 1 aromatic heterocycles. The van der Waals surface area contributed by atoms with Gasteiger partial charge in [-0.2, -0.15) is 0 Å². The minimum absolute atomic E-state index is 0.261.